The second-order valence-corrected chi connectivity index (χ2v) is 5.28. The molecular formula is C16H12ClF2N5. The lowest BCUT2D eigenvalue weighted by molar-refractivity contribution is 0.628. The van der Waals surface area contributed by atoms with E-state index in [1.54, 1.807) is 12.1 Å². The average molecular weight is 348 g/mol. The van der Waals surface area contributed by atoms with Crippen LogP contribution in [0, 0.1) is 11.6 Å². The van der Waals surface area contributed by atoms with Crippen LogP contribution in [0.2, 0.25) is 5.02 Å². The summed E-state index contributed by atoms with van der Waals surface area (Å²) in [6, 6.07) is 9.92. The van der Waals surface area contributed by atoms with Crippen LogP contribution >= 0.6 is 11.6 Å². The molecule has 2 aromatic carbocycles. The molecule has 8 heteroatoms. The summed E-state index contributed by atoms with van der Waals surface area (Å²) in [6.07, 6.45) is 1.32. The lowest BCUT2D eigenvalue weighted by Crippen LogP contribution is -2.05. The minimum absolute atomic E-state index is 0.0164. The summed E-state index contributed by atoms with van der Waals surface area (Å²) in [4.78, 5) is 8.12. The smallest absolute Gasteiger partial charge is 0.159 e. The second-order valence-electron chi connectivity index (χ2n) is 4.87. The van der Waals surface area contributed by atoms with E-state index in [1.165, 1.54) is 36.7 Å². The normalized spacial score (nSPS) is 10.5. The molecule has 0 fully saturated rings. The first-order valence-corrected chi connectivity index (χ1v) is 7.26. The summed E-state index contributed by atoms with van der Waals surface area (Å²) in [6.45, 7) is 0. The van der Waals surface area contributed by atoms with E-state index in [9.17, 15) is 8.78 Å². The van der Waals surface area contributed by atoms with E-state index in [0.29, 0.717) is 23.0 Å². The molecule has 122 valence electrons. The number of halogens is 3. The molecule has 0 aliphatic rings. The van der Waals surface area contributed by atoms with Crippen molar-refractivity contribution in [3.63, 3.8) is 0 Å². The molecule has 0 spiro atoms. The molecular weight excluding hydrogens is 336 g/mol. The Kier molecular flexibility index (Phi) is 4.43. The number of aromatic nitrogens is 2. The van der Waals surface area contributed by atoms with Crippen LogP contribution in [-0.4, -0.2) is 9.97 Å². The number of anilines is 5. The Morgan fingerprint density at radius 3 is 2.08 bits per heavy atom. The van der Waals surface area contributed by atoms with Gasteiger partial charge in [-0.25, -0.2) is 18.7 Å². The van der Waals surface area contributed by atoms with Gasteiger partial charge < -0.3 is 16.4 Å². The summed E-state index contributed by atoms with van der Waals surface area (Å²) in [5, 5.41) is 5.91. The topological polar surface area (TPSA) is 75.9 Å². The van der Waals surface area contributed by atoms with Crippen molar-refractivity contribution >= 4 is 40.3 Å². The number of nitrogens with two attached hydrogens (primary N) is 1. The first-order chi connectivity index (χ1) is 11.5. The van der Waals surface area contributed by atoms with Crippen LogP contribution in [-0.2, 0) is 0 Å². The fourth-order valence-corrected chi connectivity index (χ4v) is 2.16. The number of hydrogen-bond acceptors (Lipinski definition) is 5. The minimum atomic E-state index is -0.517. The van der Waals surface area contributed by atoms with E-state index in [4.69, 9.17) is 17.3 Å². The Labute approximate surface area is 141 Å². The van der Waals surface area contributed by atoms with Gasteiger partial charge in [-0.2, -0.15) is 0 Å². The van der Waals surface area contributed by atoms with Gasteiger partial charge in [-0.15, -0.1) is 0 Å². The maximum Gasteiger partial charge on any atom is 0.159 e. The number of rotatable bonds is 4. The Morgan fingerprint density at radius 2 is 1.46 bits per heavy atom. The second kappa shape index (κ2) is 6.67. The number of nitrogens with zero attached hydrogens (tertiary/aromatic N) is 2. The largest absolute Gasteiger partial charge is 0.393 e. The van der Waals surface area contributed by atoms with Gasteiger partial charge in [-0.1, -0.05) is 11.6 Å². The predicted molar refractivity (Wildman–Crippen MR) is 90.8 cm³/mol. The SMILES string of the molecule is Nc1c(Nc2ccc(F)cc2)ncnc1Nc1ccc(F)c(Cl)c1. The summed E-state index contributed by atoms with van der Waals surface area (Å²) < 4.78 is 26.2. The van der Waals surface area contributed by atoms with Crippen LogP contribution < -0.4 is 16.4 Å². The predicted octanol–water partition coefficient (Wildman–Crippen LogP) is 4.48. The van der Waals surface area contributed by atoms with Crippen LogP contribution in [0.5, 0.6) is 0 Å². The third-order valence-corrected chi connectivity index (χ3v) is 3.46. The molecule has 1 aromatic heterocycles. The van der Waals surface area contributed by atoms with E-state index >= 15 is 0 Å². The lowest BCUT2D eigenvalue weighted by Gasteiger charge is -2.13. The van der Waals surface area contributed by atoms with Crippen LogP contribution in [0.4, 0.5) is 37.5 Å². The van der Waals surface area contributed by atoms with Gasteiger partial charge in [0, 0.05) is 11.4 Å². The van der Waals surface area contributed by atoms with Gasteiger partial charge in [0.15, 0.2) is 11.6 Å². The van der Waals surface area contributed by atoms with Gasteiger partial charge in [-0.05, 0) is 42.5 Å². The van der Waals surface area contributed by atoms with E-state index in [1.807, 2.05) is 0 Å². The molecule has 0 atom stereocenters. The van der Waals surface area contributed by atoms with Crippen molar-refractivity contribution in [2.45, 2.75) is 0 Å². The van der Waals surface area contributed by atoms with Crippen LogP contribution in [0.15, 0.2) is 48.8 Å². The molecule has 1 heterocycles. The van der Waals surface area contributed by atoms with Gasteiger partial charge in [-0.3, -0.25) is 0 Å². The first-order valence-electron chi connectivity index (χ1n) is 6.88. The Bertz CT molecular complexity index is 871. The van der Waals surface area contributed by atoms with Gasteiger partial charge >= 0.3 is 0 Å². The minimum Gasteiger partial charge on any atom is -0.393 e. The molecule has 3 aromatic rings. The highest BCUT2D eigenvalue weighted by Crippen LogP contribution is 2.29. The Hall–Kier alpha value is -2.93. The van der Waals surface area contributed by atoms with Gasteiger partial charge in [0.2, 0.25) is 0 Å². The number of benzene rings is 2. The fraction of sp³-hybridized carbons (Fsp3) is 0. The maximum absolute atomic E-state index is 13.2. The summed E-state index contributed by atoms with van der Waals surface area (Å²) >= 11 is 5.75. The van der Waals surface area contributed by atoms with Crippen molar-refractivity contribution in [1.82, 2.24) is 9.97 Å². The third kappa shape index (κ3) is 3.52. The zero-order valence-corrected chi connectivity index (χ0v) is 13.0. The van der Waals surface area contributed by atoms with E-state index in [2.05, 4.69) is 20.6 Å². The molecule has 3 rings (SSSR count). The molecule has 5 nitrogen and oxygen atoms in total. The van der Waals surface area contributed by atoms with Gasteiger partial charge in [0.1, 0.15) is 23.6 Å². The Balaban J connectivity index is 1.84. The highest BCUT2D eigenvalue weighted by molar-refractivity contribution is 6.31. The van der Waals surface area contributed by atoms with Crippen molar-refractivity contribution in [1.29, 1.82) is 0 Å². The summed E-state index contributed by atoms with van der Waals surface area (Å²) in [5.74, 6) is -0.173. The lowest BCUT2D eigenvalue weighted by atomic mass is 10.3. The van der Waals surface area contributed by atoms with Crippen molar-refractivity contribution in [3.05, 3.63) is 65.4 Å². The quantitative estimate of drug-likeness (QED) is 0.649. The molecule has 0 aliphatic carbocycles. The number of nitrogen functional groups attached to an aromatic ring is 1. The molecule has 0 bridgehead atoms. The number of nitrogens with one attached hydrogen (secondary N) is 2. The zero-order chi connectivity index (χ0) is 17.1. The summed E-state index contributed by atoms with van der Waals surface area (Å²) in [7, 11) is 0. The molecule has 0 amide bonds. The molecule has 0 saturated carbocycles. The zero-order valence-electron chi connectivity index (χ0n) is 12.2. The van der Waals surface area contributed by atoms with Crippen molar-refractivity contribution in [2.75, 3.05) is 16.4 Å². The molecule has 24 heavy (non-hydrogen) atoms. The van der Waals surface area contributed by atoms with Gasteiger partial charge in [0.25, 0.3) is 0 Å². The van der Waals surface area contributed by atoms with Gasteiger partial charge in [0.05, 0.1) is 5.02 Å². The van der Waals surface area contributed by atoms with E-state index < -0.39 is 5.82 Å². The first kappa shape index (κ1) is 15.9. The standard InChI is InChI=1S/C16H12ClF2N5/c17-12-7-11(5-6-13(12)19)24-16-14(20)15(21-8-22-16)23-10-3-1-9(18)2-4-10/h1-8H,20H2,(H2,21,22,23,24). The molecule has 0 unspecified atom stereocenters. The van der Waals surface area contributed by atoms with Crippen molar-refractivity contribution in [3.8, 4) is 0 Å². The van der Waals surface area contributed by atoms with Crippen LogP contribution in [0.25, 0.3) is 0 Å². The third-order valence-electron chi connectivity index (χ3n) is 3.17. The average Bonchev–Trinajstić information content (AvgIpc) is 2.57. The van der Waals surface area contributed by atoms with Crippen molar-refractivity contribution < 1.29 is 8.78 Å². The van der Waals surface area contributed by atoms with E-state index in [-0.39, 0.29) is 16.5 Å². The van der Waals surface area contributed by atoms with E-state index in [0.717, 1.165) is 0 Å². The maximum atomic E-state index is 13.2. The summed E-state index contributed by atoms with van der Waals surface area (Å²) in [5.41, 5.74) is 7.45. The van der Waals surface area contributed by atoms with Crippen LogP contribution in [0.1, 0.15) is 0 Å². The Morgan fingerprint density at radius 1 is 0.875 bits per heavy atom. The van der Waals surface area contributed by atoms with Crippen molar-refractivity contribution in [2.24, 2.45) is 0 Å². The monoisotopic (exact) mass is 347 g/mol. The van der Waals surface area contributed by atoms with Crippen LogP contribution in [0.3, 0.4) is 0 Å². The molecule has 0 radical (unpaired) electrons. The number of hydrogen-bond donors (Lipinski definition) is 3. The molecule has 0 saturated heterocycles. The highest BCUT2D eigenvalue weighted by atomic mass is 35.5. The highest BCUT2D eigenvalue weighted by Gasteiger charge is 2.10. The molecule has 0 aliphatic heterocycles. The molecule has 4 N–H and O–H groups in total. The fourth-order valence-electron chi connectivity index (χ4n) is 1.98.